The topological polar surface area (TPSA) is 57.7 Å². The van der Waals surface area contributed by atoms with Crippen LogP contribution >= 0.6 is 0 Å². The Morgan fingerprint density at radius 1 is 1.29 bits per heavy atom. The van der Waals surface area contributed by atoms with Gasteiger partial charge in [0.2, 0.25) is 0 Å². The number of nitrogens with one attached hydrogen (secondary N) is 1. The van der Waals surface area contributed by atoms with Gasteiger partial charge in [-0.3, -0.25) is 9.69 Å². The lowest BCUT2D eigenvalue weighted by Crippen LogP contribution is -2.46. The molecular formula is C18H28N4O2. The van der Waals surface area contributed by atoms with Crippen molar-refractivity contribution in [3.05, 3.63) is 23.9 Å². The Morgan fingerprint density at radius 3 is 2.75 bits per heavy atom. The molecular weight excluding hydrogens is 304 g/mol. The zero-order valence-corrected chi connectivity index (χ0v) is 14.5. The lowest BCUT2D eigenvalue weighted by molar-refractivity contribution is 0.0184. The van der Waals surface area contributed by atoms with Gasteiger partial charge in [0.1, 0.15) is 5.82 Å². The molecule has 2 aliphatic rings. The van der Waals surface area contributed by atoms with E-state index in [9.17, 15) is 4.79 Å². The molecule has 0 aliphatic carbocycles. The van der Waals surface area contributed by atoms with Crippen molar-refractivity contribution in [2.75, 3.05) is 51.3 Å². The summed E-state index contributed by atoms with van der Waals surface area (Å²) in [6.45, 7) is 8.40. The summed E-state index contributed by atoms with van der Waals surface area (Å²) in [7, 11) is 0. The van der Waals surface area contributed by atoms with Gasteiger partial charge < -0.3 is 15.0 Å². The van der Waals surface area contributed by atoms with E-state index in [1.165, 1.54) is 0 Å². The number of hydrogen-bond donors (Lipinski definition) is 1. The number of nitrogens with zero attached hydrogens (tertiary/aromatic N) is 3. The molecule has 2 aliphatic heterocycles. The number of pyridine rings is 1. The molecule has 6 heteroatoms. The fourth-order valence-corrected chi connectivity index (χ4v) is 3.46. The third-order valence-electron chi connectivity index (χ3n) is 4.95. The Bertz CT molecular complexity index is 540. The summed E-state index contributed by atoms with van der Waals surface area (Å²) >= 11 is 0. The van der Waals surface area contributed by atoms with Gasteiger partial charge >= 0.3 is 0 Å². The van der Waals surface area contributed by atoms with Crippen LogP contribution in [0.3, 0.4) is 0 Å². The second-order valence-corrected chi connectivity index (χ2v) is 6.52. The van der Waals surface area contributed by atoms with Crippen molar-refractivity contribution >= 4 is 11.7 Å². The number of amides is 1. The molecule has 3 heterocycles. The van der Waals surface area contributed by atoms with Crippen molar-refractivity contribution in [3.63, 3.8) is 0 Å². The molecule has 0 bridgehead atoms. The van der Waals surface area contributed by atoms with Crippen LogP contribution in [0, 0.1) is 0 Å². The molecule has 0 aromatic carbocycles. The smallest absolute Gasteiger partial charge is 0.254 e. The first-order chi connectivity index (χ1) is 11.8. The van der Waals surface area contributed by atoms with E-state index in [-0.39, 0.29) is 5.91 Å². The highest BCUT2D eigenvalue weighted by molar-refractivity contribution is 5.95. The van der Waals surface area contributed by atoms with Gasteiger partial charge in [-0.15, -0.1) is 0 Å². The van der Waals surface area contributed by atoms with Crippen LogP contribution in [0.15, 0.2) is 18.3 Å². The first-order valence-electron chi connectivity index (χ1n) is 9.09. The number of anilines is 1. The highest BCUT2D eigenvalue weighted by Crippen LogP contribution is 2.15. The zero-order chi connectivity index (χ0) is 16.8. The van der Waals surface area contributed by atoms with Gasteiger partial charge in [-0.25, -0.2) is 4.98 Å². The Balaban J connectivity index is 1.58. The molecule has 1 aromatic rings. The summed E-state index contributed by atoms with van der Waals surface area (Å²) in [4.78, 5) is 21.3. The van der Waals surface area contributed by atoms with Gasteiger partial charge in [0.05, 0.1) is 13.2 Å². The average Bonchev–Trinajstić information content (AvgIpc) is 3.17. The molecule has 0 unspecified atom stereocenters. The summed E-state index contributed by atoms with van der Waals surface area (Å²) in [5.74, 6) is 0.907. The molecule has 1 N–H and O–H groups in total. The van der Waals surface area contributed by atoms with Crippen LogP contribution < -0.4 is 5.32 Å². The van der Waals surface area contributed by atoms with Crippen molar-refractivity contribution in [2.24, 2.45) is 0 Å². The fourth-order valence-electron chi connectivity index (χ4n) is 3.46. The fraction of sp³-hybridized carbons (Fsp3) is 0.667. The number of likely N-dealkylation sites (tertiary alicyclic amines) is 1. The molecule has 3 rings (SSSR count). The summed E-state index contributed by atoms with van der Waals surface area (Å²) in [6, 6.07) is 4.16. The third-order valence-corrected chi connectivity index (χ3v) is 4.95. The Morgan fingerprint density at radius 2 is 2.04 bits per heavy atom. The van der Waals surface area contributed by atoms with Crippen LogP contribution in [-0.4, -0.2) is 72.7 Å². The second kappa shape index (κ2) is 8.44. The Labute approximate surface area is 144 Å². The van der Waals surface area contributed by atoms with Crippen molar-refractivity contribution in [1.29, 1.82) is 0 Å². The summed E-state index contributed by atoms with van der Waals surface area (Å²) < 4.78 is 5.43. The molecule has 0 saturated carbocycles. The van der Waals surface area contributed by atoms with Gasteiger partial charge in [-0.1, -0.05) is 6.92 Å². The van der Waals surface area contributed by atoms with Crippen LogP contribution in [0.2, 0.25) is 0 Å². The highest BCUT2D eigenvalue weighted by atomic mass is 16.5. The maximum atomic E-state index is 12.5. The van der Waals surface area contributed by atoms with Crippen molar-refractivity contribution in [1.82, 2.24) is 14.8 Å². The van der Waals surface area contributed by atoms with Crippen LogP contribution in [0.5, 0.6) is 0 Å². The number of hydrogen-bond acceptors (Lipinski definition) is 5. The first-order valence-corrected chi connectivity index (χ1v) is 9.09. The molecule has 1 aromatic heterocycles. The summed E-state index contributed by atoms with van der Waals surface area (Å²) in [6.07, 6.45) is 5.03. The molecule has 1 amide bonds. The van der Waals surface area contributed by atoms with Crippen molar-refractivity contribution in [3.8, 4) is 0 Å². The monoisotopic (exact) mass is 332 g/mol. The van der Waals surface area contributed by atoms with E-state index in [1.54, 1.807) is 6.20 Å². The normalized spacial score (nSPS) is 20.1. The standard InChI is InChI=1S/C18H28N4O2/c1-2-16(21-9-11-24-12-10-21)14-20-17-13-15(5-6-19-17)18(23)22-7-3-4-8-22/h5-6,13,16H,2-4,7-12,14H2,1H3,(H,19,20)/t16-/m0/s1. The maximum Gasteiger partial charge on any atom is 0.254 e. The number of rotatable bonds is 6. The summed E-state index contributed by atoms with van der Waals surface area (Å²) in [5.41, 5.74) is 0.730. The van der Waals surface area contributed by atoms with Crippen LogP contribution in [0.25, 0.3) is 0 Å². The van der Waals surface area contributed by atoms with Crippen molar-refractivity contribution in [2.45, 2.75) is 32.2 Å². The predicted molar refractivity (Wildman–Crippen MR) is 94.3 cm³/mol. The molecule has 1 atom stereocenters. The Kier molecular flexibility index (Phi) is 6.04. The molecule has 0 radical (unpaired) electrons. The average molecular weight is 332 g/mol. The zero-order valence-electron chi connectivity index (χ0n) is 14.5. The van der Waals surface area contributed by atoms with Gasteiger partial charge in [-0.2, -0.15) is 0 Å². The first kappa shape index (κ1) is 17.2. The number of aromatic nitrogens is 1. The molecule has 2 fully saturated rings. The molecule has 6 nitrogen and oxygen atoms in total. The lowest BCUT2D eigenvalue weighted by Gasteiger charge is -2.34. The van der Waals surface area contributed by atoms with E-state index in [1.807, 2.05) is 17.0 Å². The number of carbonyl (C=O) groups is 1. The van der Waals surface area contributed by atoms with E-state index in [4.69, 9.17) is 4.74 Å². The van der Waals surface area contributed by atoms with E-state index >= 15 is 0 Å². The predicted octanol–water partition coefficient (Wildman–Crippen LogP) is 1.84. The largest absolute Gasteiger partial charge is 0.379 e. The minimum Gasteiger partial charge on any atom is -0.379 e. The van der Waals surface area contributed by atoms with Gasteiger partial charge in [0.15, 0.2) is 0 Å². The minimum absolute atomic E-state index is 0.123. The SMILES string of the molecule is CC[C@@H](CNc1cc(C(=O)N2CCCC2)ccn1)N1CCOCC1. The molecule has 24 heavy (non-hydrogen) atoms. The lowest BCUT2D eigenvalue weighted by atomic mass is 10.1. The second-order valence-electron chi connectivity index (χ2n) is 6.52. The van der Waals surface area contributed by atoms with Crippen LogP contribution in [0.1, 0.15) is 36.5 Å². The minimum atomic E-state index is 0.123. The van der Waals surface area contributed by atoms with E-state index in [2.05, 4.69) is 22.1 Å². The molecule has 0 spiro atoms. The maximum absolute atomic E-state index is 12.5. The van der Waals surface area contributed by atoms with Gasteiger partial charge in [0.25, 0.3) is 5.91 Å². The number of morpholine rings is 1. The van der Waals surface area contributed by atoms with Crippen LogP contribution in [-0.2, 0) is 4.74 Å². The van der Waals surface area contributed by atoms with Gasteiger partial charge in [0, 0.05) is 50.5 Å². The number of carbonyl (C=O) groups excluding carboxylic acids is 1. The molecule has 132 valence electrons. The summed E-state index contributed by atoms with van der Waals surface area (Å²) in [5, 5.41) is 3.41. The van der Waals surface area contributed by atoms with Gasteiger partial charge in [-0.05, 0) is 31.4 Å². The van der Waals surface area contributed by atoms with Crippen LogP contribution in [0.4, 0.5) is 5.82 Å². The van der Waals surface area contributed by atoms with E-state index < -0.39 is 0 Å². The van der Waals surface area contributed by atoms with Crippen molar-refractivity contribution < 1.29 is 9.53 Å². The highest BCUT2D eigenvalue weighted by Gasteiger charge is 2.21. The number of ether oxygens (including phenoxy) is 1. The quantitative estimate of drug-likeness (QED) is 0.861. The Hall–Kier alpha value is -1.66. The third kappa shape index (κ3) is 4.24. The molecule has 2 saturated heterocycles. The van der Waals surface area contributed by atoms with E-state index in [0.29, 0.717) is 6.04 Å². The van der Waals surface area contributed by atoms with E-state index in [0.717, 1.165) is 76.6 Å².